The molecule has 0 bridgehead atoms. The van der Waals surface area contributed by atoms with Crippen LogP contribution in [0.4, 0.5) is 19.0 Å². The Morgan fingerprint density at radius 1 is 1.29 bits per heavy atom. The smallest absolute Gasteiger partial charge is 0.366 e. The average Bonchev–Trinajstić information content (AvgIpc) is 2.60. The minimum Gasteiger partial charge on any atom is -0.366 e. The first-order valence-electron chi connectivity index (χ1n) is 7.58. The third-order valence-corrected chi connectivity index (χ3v) is 4.51. The number of hydrogen-bond acceptors (Lipinski definition) is 5. The maximum Gasteiger partial charge on any atom is 0.417 e. The van der Waals surface area contributed by atoms with Crippen molar-refractivity contribution in [3.8, 4) is 0 Å². The first-order chi connectivity index (χ1) is 12.8. The number of alkyl halides is 3. The van der Waals surface area contributed by atoms with Gasteiger partial charge in [0.15, 0.2) is 0 Å². The monoisotopic (exact) mass is 439 g/mol. The SMILES string of the molecule is CCN(C)c1ccc(S(=O)(=O)O)cn1.NC(=O)c1ccc(Cl)cc1C(F)(F)F. The number of anilines is 1. The molecule has 0 fully saturated rings. The Kier molecular flexibility index (Phi) is 7.79. The van der Waals surface area contributed by atoms with E-state index in [1.165, 1.54) is 12.1 Å². The van der Waals surface area contributed by atoms with Gasteiger partial charge in [-0.1, -0.05) is 11.6 Å². The molecule has 154 valence electrons. The van der Waals surface area contributed by atoms with Crippen molar-refractivity contribution in [1.82, 2.24) is 4.98 Å². The summed E-state index contributed by atoms with van der Waals surface area (Å²) >= 11 is 5.38. The molecule has 1 heterocycles. The fraction of sp³-hybridized carbons (Fsp3) is 0.250. The van der Waals surface area contributed by atoms with Crippen molar-refractivity contribution in [3.05, 3.63) is 52.7 Å². The minimum atomic E-state index is -4.63. The van der Waals surface area contributed by atoms with E-state index in [2.05, 4.69) is 4.98 Å². The van der Waals surface area contributed by atoms with E-state index < -0.39 is 33.3 Å². The van der Waals surface area contributed by atoms with E-state index in [0.717, 1.165) is 18.8 Å². The van der Waals surface area contributed by atoms with Gasteiger partial charge in [-0.15, -0.1) is 0 Å². The summed E-state index contributed by atoms with van der Waals surface area (Å²) in [5, 5.41) is -0.0951. The summed E-state index contributed by atoms with van der Waals surface area (Å²) in [6, 6.07) is 5.67. The van der Waals surface area contributed by atoms with Crippen LogP contribution < -0.4 is 10.6 Å². The Morgan fingerprint density at radius 2 is 1.89 bits per heavy atom. The largest absolute Gasteiger partial charge is 0.417 e. The predicted molar refractivity (Wildman–Crippen MR) is 98.0 cm³/mol. The van der Waals surface area contributed by atoms with E-state index in [0.29, 0.717) is 11.9 Å². The lowest BCUT2D eigenvalue weighted by molar-refractivity contribution is -0.137. The summed E-state index contributed by atoms with van der Waals surface area (Å²) in [4.78, 5) is 16.2. The molecule has 0 aliphatic carbocycles. The highest BCUT2D eigenvalue weighted by Crippen LogP contribution is 2.33. The molecule has 0 atom stereocenters. The molecule has 0 radical (unpaired) electrons. The van der Waals surface area contributed by atoms with Crippen LogP contribution in [0, 0.1) is 0 Å². The topological polar surface area (TPSA) is 114 Å². The van der Waals surface area contributed by atoms with Gasteiger partial charge in [0, 0.05) is 18.6 Å². The molecule has 1 amide bonds. The van der Waals surface area contributed by atoms with Crippen LogP contribution in [0.2, 0.25) is 5.02 Å². The molecule has 2 aromatic rings. The molecule has 2 rings (SSSR count). The van der Waals surface area contributed by atoms with Gasteiger partial charge in [0.1, 0.15) is 10.7 Å². The summed E-state index contributed by atoms with van der Waals surface area (Å²) in [5.74, 6) is -0.464. The van der Waals surface area contributed by atoms with E-state index in [4.69, 9.17) is 21.9 Å². The number of pyridine rings is 1. The molecule has 7 nitrogen and oxygen atoms in total. The van der Waals surface area contributed by atoms with Crippen LogP contribution in [0.5, 0.6) is 0 Å². The standard InChI is InChI=1S/C8H5ClF3NO.C8H12N2O3S/c9-4-1-2-5(7(13)14)6(3-4)8(10,11)12;1-3-10(2)8-5-4-7(6-9-8)14(11,12)13/h1-3H,(H2,13,14);4-6H,3H2,1-2H3,(H,11,12,13). The summed E-state index contributed by atoms with van der Waals surface area (Å²) in [5.41, 5.74) is 3.08. The Morgan fingerprint density at radius 3 is 2.29 bits per heavy atom. The zero-order valence-corrected chi connectivity index (χ0v) is 16.3. The highest BCUT2D eigenvalue weighted by Gasteiger charge is 2.34. The van der Waals surface area contributed by atoms with Crippen LogP contribution >= 0.6 is 11.6 Å². The Hall–Kier alpha value is -2.37. The van der Waals surface area contributed by atoms with Gasteiger partial charge in [0.2, 0.25) is 5.91 Å². The number of aromatic nitrogens is 1. The normalized spacial score (nSPS) is 11.4. The van der Waals surface area contributed by atoms with Crippen LogP contribution in [0.3, 0.4) is 0 Å². The number of hydrogen-bond donors (Lipinski definition) is 2. The molecule has 0 aliphatic rings. The number of halogens is 4. The van der Waals surface area contributed by atoms with Crippen molar-refractivity contribution >= 4 is 33.4 Å². The first kappa shape index (κ1) is 23.7. The van der Waals surface area contributed by atoms with Crippen LogP contribution in [-0.2, 0) is 16.3 Å². The molecule has 1 aromatic carbocycles. The van der Waals surface area contributed by atoms with Crippen LogP contribution in [0.25, 0.3) is 0 Å². The van der Waals surface area contributed by atoms with Crippen molar-refractivity contribution in [2.24, 2.45) is 5.73 Å². The Balaban J connectivity index is 0.000000280. The van der Waals surface area contributed by atoms with Crippen LogP contribution in [0.1, 0.15) is 22.8 Å². The number of nitrogens with two attached hydrogens (primary N) is 1. The quantitative estimate of drug-likeness (QED) is 0.707. The molecule has 0 saturated carbocycles. The van der Waals surface area contributed by atoms with E-state index >= 15 is 0 Å². The Bertz CT molecular complexity index is 935. The van der Waals surface area contributed by atoms with Gasteiger partial charge in [-0.3, -0.25) is 9.35 Å². The zero-order valence-electron chi connectivity index (χ0n) is 14.7. The molecule has 0 saturated heterocycles. The lowest BCUT2D eigenvalue weighted by Gasteiger charge is -2.14. The Labute approximate surface area is 164 Å². The van der Waals surface area contributed by atoms with Crippen molar-refractivity contribution in [2.75, 3.05) is 18.5 Å². The number of amides is 1. The average molecular weight is 440 g/mol. The van der Waals surface area contributed by atoms with Crippen molar-refractivity contribution in [3.63, 3.8) is 0 Å². The molecule has 28 heavy (non-hydrogen) atoms. The number of rotatable bonds is 4. The highest BCUT2D eigenvalue weighted by atomic mass is 35.5. The predicted octanol–water partition coefficient (Wildman–Crippen LogP) is 3.24. The molecule has 0 spiro atoms. The third-order valence-electron chi connectivity index (χ3n) is 3.44. The fourth-order valence-corrected chi connectivity index (χ4v) is 2.48. The molecule has 3 N–H and O–H groups in total. The number of carbonyl (C=O) groups excluding carboxylic acids is 1. The van der Waals surface area contributed by atoms with E-state index in [9.17, 15) is 26.4 Å². The van der Waals surface area contributed by atoms with Crippen molar-refractivity contribution in [1.29, 1.82) is 0 Å². The zero-order chi connectivity index (χ0) is 21.7. The number of carbonyl (C=O) groups is 1. The maximum absolute atomic E-state index is 12.3. The molecule has 0 aliphatic heterocycles. The van der Waals surface area contributed by atoms with Gasteiger partial charge < -0.3 is 10.6 Å². The van der Waals surface area contributed by atoms with E-state index in [1.54, 1.807) is 6.07 Å². The second kappa shape index (κ2) is 9.22. The summed E-state index contributed by atoms with van der Waals surface area (Å²) in [7, 11) is -2.29. The van der Waals surface area contributed by atoms with Gasteiger partial charge in [-0.2, -0.15) is 21.6 Å². The number of primary amides is 1. The minimum absolute atomic E-state index is 0.0951. The highest BCUT2D eigenvalue weighted by molar-refractivity contribution is 7.85. The first-order valence-corrected chi connectivity index (χ1v) is 9.40. The van der Waals surface area contributed by atoms with Gasteiger partial charge >= 0.3 is 6.18 Å². The lowest BCUT2D eigenvalue weighted by Crippen LogP contribution is -2.18. The fourth-order valence-electron chi connectivity index (χ4n) is 1.88. The summed E-state index contributed by atoms with van der Waals surface area (Å²) in [6.07, 6.45) is -3.49. The van der Waals surface area contributed by atoms with Crippen molar-refractivity contribution in [2.45, 2.75) is 18.0 Å². The van der Waals surface area contributed by atoms with Crippen LogP contribution in [0.15, 0.2) is 41.4 Å². The lowest BCUT2D eigenvalue weighted by atomic mass is 10.1. The second-order valence-electron chi connectivity index (χ2n) is 5.39. The molecular formula is C16H17ClF3N3O4S. The molecule has 0 unspecified atom stereocenters. The van der Waals surface area contributed by atoms with Crippen molar-refractivity contribution < 1.29 is 30.9 Å². The molecular weight excluding hydrogens is 423 g/mol. The van der Waals surface area contributed by atoms with Gasteiger partial charge in [-0.05, 0) is 37.3 Å². The maximum atomic E-state index is 12.3. The van der Waals surface area contributed by atoms with E-state index in [1.807, 2.05) is 18.9 Å². The number of nitrogens with zero attached hydrogens (tertiary/aromatic N) is 2. The van der Waals surface area contributed by atoms with Gasteiger partial charge in [0.25, 0.3) is 10.1 Å². The van der Waals surface area contributed by atoms with Gasteiger partial charge in [-0.25, -0.2) is 4.98 Å². The van der Waals surface area contributed by atoms with Gasteiger partial charge in [0.05, 0.1) is 17.3 Å². The number of benzene rings is 1. The summed E-state index contributed by atoms with van der Waals surface area (Å²) < 4.78 is 67.0. The second-order valence-corrected chi connectivity index (χ2v) is 7.25. The molecule has 12 heteroatoms. The van der Waals surface area contributed by atoms with E-state index in [-0.39, 0.29) is 9.92 Å². The molecule has 1 aromatic heterocycles. The summed E-state index contributed by atoms with van der Waals surface area (Å²) in [6.45, 7) is 2.73. The third kappa shape index (κ3) is 6.66. The van der Waals surface area contributed by atoms with Crippen LogP contribution in [-0.4, -0.2) is 37.5 Å².